The Labute approximate surface area is 138 Å². The van der Waals surface area contributed by atoms with Crippen molar-refractivity contribution in [2.75, 3.05) is 13.1 Å². The minimum absolute atomic E-state index is 0.0204. The first-order valence-electron chi connectivity index (χ1n) is 8.09. The summed E-state index contributed by atoms with van der Waals surface area (Å²) in [5.74, 6) is 1.27. The second kappa shape index (κ2) is 6.86. The summed E-state index contributed by atoms with van der Waals surface area (Å²) in [5, 5.41) is 0. The summed E-state index contributed by atoms with van der Waals surface area (Å²) < 4.78 is 3.35. The summed E-state index contributed by atoms with van der Waals surface area (Å²) in [6.07, 6.45) is 7.31. The van der Waals surface area contributed by atoms with E-state index in [1.165, 1.54) is 16.8 Å². The summed E-state index contributed by atoms with van der Waals surface area (Å²) in [6.45, 7) is 1.66. The zero-order valence-electron chi connectivity index (χ0n) is 13.6. The number of nitrogens with one attached hydrogen (secondary N) is 1. The molecule has 3 heterocycles. The molecular formula is C16H21N5O3. The summed E-state index contributed by atoms with van der Waals surface area (Å²) in [4.78, 5) is 43.6. The van der Waals surface area contributed by atoms with Crippen LogP contribution in [0.1, 0.15) is 31.0 Å². The van der Waals surface area contributed by atoms with Crippen molar-refractivity contribution in [3.8, 4) is 0 Å². The molecule has 0 radical (unpaired) electrons. The molecule has 128 valence electrons. The second-order valence-corrected chi connectivity index (χ2v) is 6.13. The molecule has 1 fully saturated rings. The van der Waals surface area contributed by atoms with Gasteiger partial charge in [-0.3, -0.25) is 14.6 Å². The molecule has 0 unspecified atom stereocenters. The maximum absolute atomic E-state index is 12.5. The third-order valence-electron chi connectivity index (χ3n) is 4.46. The van der Waals surface area contributed by atoms with E-state index in [2.05, 4.69) is 9.97 Å². The van der Waals surface area contributed by atoms with Gasteiger partial charge in [-0.25, -0.2) is 9.78 Å². The highest BCUT2D eigenvalue weighted by molar-refractivity contribution is 5.76. The fourth-order valence-corrected chi connectivity index (χ4v) is 3.18. The van der Waals surface area contributed by atoms with Crippen LogP contribution in [0.3, 0.4) is 0 Å². The molecule has 8 heteroatoms. The Morgan fingerprint density at radius 2 is 2.21 bits per heavy atom. The molecule has 1 N–H and O–H groups in total. The van der Waals surface area contributed by atoms with Crippen molar-refractivity contribution in [3.05, 3.63) is 51.3 Å². The maximum Gasteiger partial charge on any atom is 0.328 e. The van der Waals surface area contributed by atoms with Crippen LogP contribution < -0.4 is 11.2 Å². The first-order valence-corrected chi connectivity index (χ1v) is 8.09. The quantitative estimate of drug-likeness (QED) is 0.858. The van der Waals surface area contributed by atoms with E-state index in [4.69, 9.17) is 0 Å². The van der Waals surface area contributed by atoms with Crippen LogP contribution in [-0.4, -0.2) is 43.0 Å². The molecule has 0 saturated carbocycles. The van der Waals surface area contributed by atoms with Gasteiger partial charge in [-0.1, -0.05) is 0 Å². The molecular weight excluding hydrogens is 310 g/mol. The average molecular weight is 331 g/mol. The number of carbonyl (C=O) groups excluding carboxylic acids is 1. The van der Waals surface area contributed by atoms with Gasteiger partial charge in [0.05, 0.1) is 0 Å². The lowest BCUT2D eigenvalue weighted by Gasteiger charge is -2.32. The smallest absolute Gasteiger partial charge is 0.328 e. The SMILES string of the molecule is Cn1ccnc1[C@@H]1CCCN(C(=O)CCn2ccc(=O)[nH]c2=O)C1. The molecule has 0 aromatic carbocycles. The summed E-state index contributed by atoms with van der Waals surface area (Å²) in [6, 6.07) is 1.28. The minimum atomic E-state index is -0.486. The van der Waals surface area contributed by atoms with Crippen LogP contribution in [0.15, 0.2) is 34.2 Å². The van der Waals surface area contributed by atoms with E-state index in [9.17, 15) is 14.4 Å². The predicted molar refractivity (Wildman–Crippen MR) is 87.7 cm³/mol. The van der Waals surface area contributed by atoms with E-state index in [0.717, 1.165) is 25.2 Å². The highest BCUT2D eigenvalue weighted by atomic mass is 16.2. The van der Waals surface area contributed by atoms with E-state index in [-0.39, 0.29) is 24.8 Å². The summed E-state index contributed by atoms with van der Waals surface area (Å²) in [5.41, 5.74) is -0.920. The van der Waals surface area contributed by atoms with Gasteiger partial charge in [0.15, 0.2) is 0 Å². The Kier molecular flexibility index (Phi) is 4.64. The van der Waals surface area contributed by atoms with Crippen molar-refractivity contribution in [1.82, 2.24) is 24.0 Å². The number of carbonyl (C=O) groups is 1. The molecule has 8 nitrogen and oxygen atoms in total. The third-order valence-corrected chi connectivity index (χ3v) is 4.46. The van der Waals surface area contributed by atoms with Gasteiger partial charge in [0.25, 0.3) is 5.56 Å². The summed E-state index contributed by atoms with van der Waals surface area (Å²) in [7, 11) is 1.96. The van der Waals surface area contributed by atoms with Gasteiger partial charge in [-0.2, -0.15) is 0 Å². The highest BCUT2D eigenvalue weighted by Crippen LogP contribution is 2.25. The lowest BCUT2D eigenvalue weighted by Crippen LogP contribution is -2.40. The van der Waals surface area contributed by atoms with Crippen LogP contribution in [0.25, 0.3) is 0 Å². The summed E-state index contributed by atoms with van der Waals surface area (Å²) >= 11 is 0. The molecule has 1 amide bonds. The van der Waals surface area contributed by atoms with Crippen molar-refractivity contribution in [2.45, 2.75) is 31.7 Å². The molecule has 0 spiro atoms. The lowest BCUT2D eigenvalue weighted by molar-refractivity contribution is -0.132. The molecule has 2 aromatic rings. The Balaban J connectivity index is 1.61. The number of amides is 1. The van der Waals surface area contributed by atoms with E-state index in [1.54, 1.807) is 6.20 Å². The first-order chi connectivity index (χ1) is 11.5. The number of rotatable bonds is 4. The molecule has 1 aliphatic heterocycles. The Morgan fingerprint density at radius 3 is 2.92 bits per heavy atom. The Hall–Kier alpha value is -2.64. The molecule has 0 aliphatic carbocycles. The number of likely N-dealkylation sites (tertiary alicyclic amines) is 1. The van der Waals surface area contributed by atoms with E-state index in [1.807, 2.05) is 22.7 Å². The molecule has 3 rings (SSSR count). The molecule has 1 atom stereocenters. The maximum atomic E-state index is 12.5. The highest BCUT2D eigenvalue weighted by Gasteiger charge is 2.26. The van der Waals surface area contributed by atoms with Gasteiger partial charge in [0.2, 0.25) is 5.91 Å². The third kappa shape index (κ3) is 3.47. The number of hydrogen-bond acceptors (Lipinski definition) is 4. The zero-order valence-corrected chi connectivity index (χ0v) is 13.6. The monoisotopic (exact) mass is 331 g/mol. The lowest BCUT2D eigenvalue weighted by atomic mass is 9.97. The molecule has 1 aliphatic rings. The average Bonchev–Trinajstić information content (AvgIpc) is 3.00. The van der Waals surface area contributed by atoms with E-state index >= 15 is 0 Å². The van der Waals surface area contributed by atoms with Gasteiger partial charge >= 0.3 is 5.69 Å². The van der Waals surface area contributed by atoms with E-state index < -0.39 is 11.2 Å². The molecule has 24 heavy (non-hydrogen) atoms. The largest absolute Gasteiger partial charge is 0.342 e. The predicted octanol–water partition coefficient (Wildman–Crippen LogP) is 0.0664. The number of hydrogen-bond donors (Lipinski definition) is 1. The standard InChI is InChI=1S/C16H21N5O3/c1-19-10-6-17-15(19)12-3-2-7-21(11-12)14(23)5-9-20-8-4-13(22)18-16(20)24/h4,6,8,10,12H,2-3,5,7,9,11H2,1H3,(H,18,22,24)/t12-/m1/s1. The van der Waals surface area contributed by atoms with Crippen molar-refractivity contribution >= 4 is 5.91 Å². The van der Waals surface area contributed by atoms with Crippen molar-refractivity contribution < 1.29 is 4.79 Å². The van der Waals surface area contributed by atoms with Crippen LogP contribution in [0.2, 0.25) is 0 Å². The Morgan fingerprint density at radius 1 is 1.38 bits per heavy atom. The molecule has 1 saturated heterocycles. The molecule has 0 bridgehead atoms. The number of aromatic amines is 1. The van der Waals surface area contributed by atoms with E-state index in [0.29, 0.717) is 6.54 Å². The van der Waals surface area contributed by atoms with Gasteiger partial charge in [-0.15, -0.1) is 0 Å². The van der Waals surface area contributed by atoms with Crippen LogP contribution in [0.4, 0.5) is 0 Å². The van der Waals surface area contributed by atoms with Crippen LogP contribution >= 0.6 is 0 Å². The number of piperidine rings is 1. The van der Waals surface area contributed by atoms with Gasteiger partial charge in [-0.05, 0) is 12.8 Å². The van der Waals surface area contributed by atoms with Crippen molar-refractivity contribution in [3.63, 3.8) is 0 Å². The number of aromatic nitrogens is 4. The minimum Gasteiger partial charge on any atom is -0.342 e. The van der Waals surface area contributed by atoms with Crippen LogP contribution in [0.5, 0.6) is 0 Å². The number of nitrogens with zero attached hydrogens (tertiary/aromatic N) is 4. The van der Waals surface area contributed by atoms with Gasteiger partial charge in [0, 0.05) is 63.7 Å². The zero-order chi connectivity index (χ0) is 17.1. The van der Waals surface area contributed by atoms with Crippen molar-refractivity contribution in [2.24, 2.45) is 7.05 Å². The first kappa shape index (κ1) is 16.2. The Bertz CT molecular complexity index is 834. The topological polar surface area (TPSA) is 93.0 Å². The second-order valence-electron chi connectivity index (χ2n) is 6.13. The molecule has 2 aromatic heterocycles. The fraction of sp³-hybridized carbons (Fsp3) is 0.500. The van der Waals surface area contributed by atoms with Crippen LogP contribution in [0, 0.1) is 0 Å². The van der Waals surface area contributed by atoms with Crippen molar-refractivity contribution in [1.29, 1.82) is 0 Å². The fourth-order valence-electron chi connectivity index (χ4n) is 3.18. The van der Waals surface area contributed by atoms with Gasteiger partial charge in [0.1, 0.15) is 5.82 Å². The normalized spacial score (nSPS) is 17.9. The number of imidazole rings is 1. The van der Waals surface area contributed by atoms with Gasteiger partial charge < -0.3 is 14.0 Å². The number of H-pyrrole nitrogens is 1. The number of aryl methyl sites for hydroxylation is 2. The van der Waals surface area contributed by atoms with Crippen LogP contribution in [-0.2, 0) is 18.4 Å².